The maximum Gasteiger partial charge on any atom is 0.409 e. The standard InChI is InChI=1S/C32H41ClN8O4/c1-21-17-23(22-4-10-39(11-5-22)25-6-12-40(13-7-25)32(43)45-16-15-44-2)18-27-29(21)38-30(37-27)28-26(3-8-35-31(28)42)34-9-14-41-20-24(33)19-36-41/h3,8,17-20,22,25H,4-7,9-16H2,1-2H3,(H,37,38)(H2,34,35,42). The van der Waals surface area contributed by atoms with Crippen molar-refractivity contribution in [1.29, 1.82) is 0 Å². The minimum atomic E-state index is -0.238. The molecule has 3 N–H and O–H groups in total. The molecule has 12 nitrogen and oxygen atoms in total. The molecule has 2 fully saturated rings. The van der Waals surface area contributed by atoms with Crippen molar-refractivity contribution in [3.8, 4) is 11.4 Å². The first-order valence-electron chi connectivity index (χ1n) is 15.7. The van der Waals surface area contributed by atoms with E-state index in [1.807, 2.05) is 11.0 Å². The van der Waals surface area contributed by atoms with Crippen LogP contribution in [0.1, 0.15) is 42.7 Å². The van der Waals surface area contributed by atoms with Crippen LogP contribution in [0.3, 0.4) is 0 Å². The topological polar surface area (TPSA) is 133 Å². The van der Waals surface area contributed by atoms with Gasteiger partial charge in [-0.1, -0.05) is 17.7 Å². The van der Waals surface area contributed by atoms with Crippen LogP contribution < -0.4 is 10.9 Å². The summed E-state index contributed by atoms with van der Waals surface area (Å²) in [5.74, 6) is 1.00. The minimum absolute atomic E-state index is 0.208. The highest BCUT2D eigenvalue weighted by Gasteiger charge is 2.31. The van der Waals surface area contributed by atoms with Gasteiger partial charge in [0.15, 0.2) is 0 Å². The molecule has 0 radical (unpaired) electrons. The van der Waals surface area contributed by atoms with Crippen molar-refractivity contribution in [2.24, 2.45) is 0 Å². The monoisotopic (exact) mass is 636 g/mol. The normalized spacial score (nSPS) is 16.8. The van der Waals surface area contributed by atoms with Crippen molar-refractivity contribution in [2.45, 2.75) is 51.1 Å². The average molecular weight is 637 g/mol. The van der Waals surface area contributed by atoms with Gasteiger partial charge < -0.3 is 34.6 Å². The molecule has 4 aromatic rings. The summed E-state index contributed by atoms with van der Waals surface area (Å²) in [6.07, 6.45) is 8.87. The number of aromatic amines is 2. The van der Waals surface area contributed by atoms with Crippen LogP contribution in [0.25, 0.3) is 22.4 Å². The number of piperidine rings is 2. The average Bonchev–Trinajstić information content (AvgIpc) is 3.67. The molecule has 0 spiro atoms. The molecule has 2 aliphatic heterocycles. The number of nitrogens with zero attached hydrogens (tertiary/aromatic N) is 5. The van der Waals surface area contributed by atoms with E-state index in [4.69, 9.17) is 26.1 Å². The maximum absolute atomic E-state index is 13.0. The number of carbonyl (C=O) groups is 1. The number of imidazole rings is 1. The Labute approximate surface area is 267 Å². The van der Waals surface area contributed by atoms with E-state index >= 15 is 0 Å². The van der Waals surface area contributed by atoms with E-state index in [1.54, 1.807) is 30.4 Å². The molecule has 1 amide bonds. The van der Waals surface area contributed by atoms with Crippen LogP contribution in [-0.4, -0.2) is 99.7 Å². The number of anilines is 1. The lowest BCUT2D eigenvalue weighted by atomic mass is 9.87. The van der Waals surface area contributed by atoms with Crippen molar-refractivity contribution in [1.82, 2.24) is 34.5 Å². The van der Waals surface area contributed by atoms with E-state index < -0.39 is 0 Å². The summed E-state index contributed by atoms with van der Waals surface area (Å²) in [5, 5.41) is 8.16. The first kappa shape index (κ1) is 31.1. The number of likely N-dealkylation sites (tertiary alicyclic amines) is 2. The third-order valence-electron chi connectivity index (χ3n) is 9.01. The van der Waals surface area contributed by atoms with Gasteiger partial charge in [-0.15, -0.1) is 0 Å². The van der Waals surface area contributed by atoms with Gasteiger partial charge in [-0.2, -0.15) is 5.10 Å². The van der Waals surface area contributed by atoms with Gasteiger partial charge in [0.25, 0.3) is 5.56 Å². The van der Waals surface area contributed by atoms with Crippen LogP contribution in [0.4, 0.5) is 10.5 Å². The highest BCUT2D eigenvalue weighted by molar-refractivity contribution is 6.30. The number of amides is 1. The molecule has 13 heteroatoms. The number of pyridine rings is 1. The number of rotatable bonds is 10. The number of H-pyrrole nitrogens is 2. The molecule has 3 aromatic heterocycles. The second kappa shape index (κ2) is 14.1. The van der Waals surface area contributed by atoms with Gasteiger partial charge in [0.2, 0.25) is 0 Å². The lowest BCUT2D eigenvalue weighted by molar-refractivity contribution is 0.0500. The number of nitrogens with one attached hydrogen (secondary N) is 3. The molecular formula is C32H41ClN8O4. The maximum atomic E-state index is 13.0. The van der Waals surface area contributed by atoms with E-state index in [-0.39, 0.29) is 11.7 Å². The van der Waals surface area contributed by atoms with Crippen LogP contribution in [0, 0.1) is 6.92 Å². The Morgan fingerprint density at radius 3 is 2.67 bits per heavy atom. The van der Waals surface area contributed by atoms with Gasteiger partial charge in [0.05, 0.1) is 41.1 Å². The quantitative estimate of drug-likeness (QED) is 0.215. The Hall–Kier alpha value is -3.87. The fourth-order valence-electron chi connectivity index (χ4n) is 6.61. The molecule has 2 saturated heterocycles. The van der Waals surface area contributed by atoms with Crippen LogP contribution in [-0.2, 0) is 16.0 Å². The molecule has 0 saturated carbocycles. The van der Waals surface area contributed by atoms with Gasteiger partial charge in [0, 0.05) is 45.2 Å². The van der Waals surface area contributed by atoms with Crippen molar-refractivity contribution < 1.29 is 14.3 Å². The summed E-state index contributed by atoms with van der Waals surface area (Å²) < 4.78 is 12.0. The van der Waals surface area contributed by atoms with Crippen molar-refractivity contribution in [3.05, 3.63) is 63.3 Å². The summed E-state index contributed by atoms with van der Waals surface area (Å²) >= 11 is 5.98. The zero-order chi connectivity index (χ0) is 31.3. The van der Waals surface area contributed by atoms with E-state index in [1.165, 1.54) is 5.56 Å². The molecule has 1 aromatic carbocycles. The van der Waals surface area contributed by atoms with E-state index in [9.17, 15) is 9.59 Å². The summed E-state index contributed by atoms with van der Waals surface area (Å²) in [6, 6.07) is 6.81. The molecule has 6 rings (SSSR count). The number of methoxy groups -OCH3 is 1. The van der Waals surface area contributed by atoms with Crippen LogP contribution >= 0.6 is 11.6 Å². The van der Waals surface area contributed by atoms with Crippen LogP contribution in [0.15, 0.2) is 41.6 Å². The number of carbonyl (C=O) groups excluding carboxylic acids is 1. The number of aromatic nitrogens is 5. The molecule has 0 atom stereocenters. The van der Waals surface area contributed by atoms with Gasteiger partial charge in [-0.3, -0.25) is 9.48 Å². The van der Waals surface area contributed by atoms with Gasteiger partial charge in [-0.05, 0) is 74.9 Å². The first-order chi connectivity index (χ1) is 21.9. The molecule has 240 valence electrons. The lowest BCUT2D eigenvalue weighted by Gasteiger charge is -2.41. The summed E-state index contributed by atoms with van der Waals surface area (Å²) in [6.45, 7) is 7.51. The third-order valence-corrected chi connectivity index (χ3v) is 9.20. The van der Waals surface area contributed by atoms with Crippen molar-refractivity contribution >= 4 is 34.4 Å². The van der Waals surface area contributed by atoms with E-state index in [2.05, 4.69) is 44.3 Å². The predicted octanol–water partition coefficient (Wildman–Crippen LogP) is 4.62. The minimum Gasteiger partial charge on any atom is -0.447 e. The number of benzene rings is 1. The second-order valence-corrected chi connectivity index (χ2v) is 12.3. The Kier molecular flexibility index (Phi) is 9.72. The molecular weight excluding hydrogens is 596 g/mol. The zero-order valence-electron chi connectivity index (χ0n) is 25.9. The van der Waals surface area contributed by atoms with E-state index in [0.717, 1.165) is 68.5 Å². The summed E-state index contributed by atoms with van der Waals surface area (Å²) in [4.78, 5) is 40.8. The van der Waals surface area contributed by atoms with Gasteiger partial charge in [-0.25, -0.2) is 9.78 Å². The van der Waals surface area contributed by atoms with E-state index in [0.29, 0.717) is 60.4 Å². The number of fused-ring (bicyclic) bond motifs is 1. The van der Waals surface area contributed by atoms with Crippen molar-refractivity contribution in [3.63, 3.8) is 0 Å². The predicted molar refractivity (Wildman–Crippen MR) is 174 cm³/mol. The molecule has 0 aliphatic carbocycles. The number of hydrogen-bond acceptors (Lipinski definition) is 8. The third kappa shape index (κ3) is 7.18. The SMILES string of the molecule is COCCOC(=O)N1CCC(N2CCC(c3cc(C)c4nc(-c5c(NCCn6cc(Cl)cn6)cc[nH]c5=O)[nH]c4c3)CC2)CC1. The van der Waals surface area contributed by atoms with Crippen LogP contribution in [0.5, 0.6) is 0 Å². The largest absolute Gasteiger partial charge is 0.447 e. The molecule has 0 bridgehead atoms. The van der Waals surface area contributed by atoms with Crippen molar-refractivity contribution in [2.75, 3.05) is 58.4 Å². The fourth-order valence-corrected chi connectivity index (χ4v) is 6.77. The Bertz CT molecular complexity index is 1670. The number of ether oxygens (including phenoxy) is 2. The Balaban J connectivity index is 1.09. The smallest absolute Gasteiger partial charge is 0.409 e. The van der Waals surface area contributed by atoms with Gasteiger partial charge in [0.1, 0.15) is 18.0 Å². The molecule has 0 unspecified atom stereocenters. The molecule has 5 heterocycles. The highest BCUT2D eigenvalue weighted by Crippen LogP contribution is 2.34. The van der Waals surface area contributed by atoms with Crippen LogP contribution in [0.2, 0.25) is 5.02 Å². The van der Waals surface area contributed by atoms with Gasteiger partial charge >= 0.3 is 6.09 Å². The first-order valence-corrected chi connectivity index (χ1v) is 16.1. The fraction of sp³-hybridized carbons (Fsp3) is 0.500. The summed E-state index contributed by atoms with van der Waals surface area (Å²) in [7, 11) is 1.60. The lowest BCUT2D eigenvalue weighted by Crippen LogP contribution is -2.49. The zero-order valence-corrected chi connectivity index (χ0v) is 26.6. The number of hydrogen-bond donors (Lipinski definition) is 3. The number of aryl methyl sites for hydroxylation is 1. The summed E-state index contributed by atoms with van der Waals surface area (Å²) in [5.41, 5.74) is 5.19. The molecule has 2 aliphatic rings. The second-order valence-electron chi connectivity index (χ2n) is 11.9. The molecule has 45 heavy (non-hydrogen) atoms. The Morgan fingerprint density at radius 1 is 1.13 bits per heavy atom. The Morgan fingerprint density at radius 2 is 1.93 bits per heavy atom. The highest BCUT2D eigenvalue weighted by atomic mass is 35.5. The number of halogens is 1.